The maximum absolute atomic E-state index is 11.5. The average molecular weight is 251 g/mol. The van der Waals surface area contributed by atoms with Gasteiger partial charge < -0.3 is 10.8 Å². The van der Waals surface area contributed by atoms with Crippen LogP contribution in [0.5, 0.6) is 0 Å². The Kier molecular flexibility index (Phi) is 3.74. The number of carboxylic acid groups (broad SMARTS) is 1. The number of nitrogens with two attached hydrogens (primary N) is 1. The van der Waals surface area contributed by atoms with Gasteiger partial charge in [0.15, 0.2) is 9.90 Å². The summed E-state index contributed by atoms with van der Waals surface area (Å²) in [6.07, 6.45) is 0. The molecule has 1 heterocycles. The summed E-state index contributed by atoms with van der Waals surface area (Å²) in [6, 6.07) is 0. The third kappa shape index (κ3) is 2.72. The van der Waals surface area contributed by atoms with E-state index in [0.717, 1.165) is 11.3 Å². The molecule has 0 unspecified atom stereocenters. The van der Waals surface area contributed by atoms with Crippen molar-refractivity contribution in [3.63, 3.8) is 0 Å². The molecule has 4 N–H and O–H groups in total. The fourth-order valence-corrected chi connectivity index (χ4v) is 3.06. The van der Waals surface area contributed by atoms with Crippen LogP contribution in [0.2, 0.25) is 0 Å². The molecular weight excluding hydrogens is 242 g/mol. The van der Waals surface area contributed by atoms with Crippen LogP contribution in [-0.4, -0.2) is 37.6 Å². The molecule has 7 nitrogen and oxygen atoms in total. The van der Waals surface area contributed by atoms with Crippen molar-refractivity contribution in [2.45, 2.75) is 4.21 Å². The number of aromatic nitrogens is 1. The molecule has 0 spiro atoms. The number of nitrogens with zero attached hydrogens (tertiary/aromatic N) is 1. The standard InChI is InChI=1S/C6H9N3O4S2/c7-1-2-9-15(12,13)6-4(5(10)11)8-3-14-6/h3,9H,1-2,7H2,(H,10,11). The van der Waals surface area contributed by atoms with Crippen molar-refractivity contribution in [1.29, 1.82) is 0 Å². The molecule has 84 valence electrons. The summed E-state index contributed by atoms with van der Waals surface area (Å²) in [5.74, 6) is -1.37. The first kappa shape index (κ1) is 12.0. The third-order valence-corrected chi connectivity index (χ3v) is 4.25. The van der Waals surface area contributed by atoms with Crippen molar-refractivity contribution in [2.75, 3.05) is 13.1 Å². The van der Waals surface area contributed by atoms with Gasteiger partial charge >= 0.3 is 5.97 Å². The summed E-state index contributed by atoms with van der Waals surface area (Å²) >= 11 is 0.752. The normalized spacial score (nSPS) is 11.5. The maximum atomic E-state index is 11.5. The summed E-state index contributed by atoms with van der Waals surface area (Å²) in [5, 5.41) is 8.67. The SMILES string of the molecule is NCCNS(=O)(=O)c1scnc1C(=O)O. The van der Waals surface area contributed by atoms with Crippen molar-refractivity contribution >= 4 is 27.3 Å². The van der Waals surface area contributed by atoms with Gasteiger partial charge in [-0.1, -0.05) is 0 Å². The summed E-state index contributed by atoms with van der Waals surface area (Å²) in [4.78, 5) is 14.1. The van der Waals surface area contributed by atoms with Crippen LogP contribution in [0.15, 0.2) is 9.72 Å². The summed E-state index contributed by atoms with van der Waals surface area (Å²) in [7, 11) is -3.81. The molecule has 0 aromatic carbocycles. The van der Waals surface area contributed by atoms with Gasteiger partial charge in [0.05, 0.1) is 5.51 Å². The van der Waals surface area contributed by atoms with E-state index in [0.29, 0.717) is 0 Å². The van der Waals surface area contributed by atoms with Gasteiger partial charge in [0.25, 0.3) is 10.0 Å². The Hall–Kier alpha value is -1.03. The van der Waals surface area contributed by atoms with Gasteiger partial charge in [-0.3, -0.25) is 0 Å². The minimum absolute atomic E-state index is 0.0549. The van der Waals surface area contributed by atoms with E-state index in [4.69, 9.17) is 10.8 Å². The van der Waals surface area contributed by atoms with E-state index in [1.54, 1.807) is 0 Å². The van der Waals surface area contributed by atoms with Crippen LogP contribution < -0.4 is 10.5 Å². The highest BCUT2D eigenvalue weighted by atomic mass is 32.2. The Morgan fingerprint density at radius 3 is 2.87 bits per heavy atom. The monoisotopic (exact) mass is 251 g/mol. The van der Waals surface area contributed by atoms with Crippen molar-refractivity contribution in [2.24, 2.45) is 5.73 Å². The van der Waals surface area contributed by atoms with E-state index >= 15 is 0 Å². The lowest BCUT2D eigenvalue weighted by Gasteiger charge is -2.02. The van der Waals surface area contributed by atoms with Crippen molar-refractivity contribution < 1.29 is 18.3 Å². The molecule has 1 aromatic rings. The van der Waals surface area contributed by atoms with Gasteiger partial charge in [-0.2, -0.15) is 0 Å². The molecule has 1 rings (SSSR count). The lowest BCUT2D eigenvalue weighted by molar-refractivity contribution is 0.0687. The quantitative estimate of drug-likeness (QED) is 0.622. The van der Waals surface area contributed by atoms with Crippen LogP contribution in [0.3, 0.4) is 0 Å². The van der Waals surface area contributed by atoms with Crippen molar-refractivity contribution in [3.8, 4) is 0 Å². The summed E-state index contributed by atoms with van der Waals surface area (Å²) in [6.45, 7) is 0.194. The second-order valence-corrected chi connectivity index (χ2v) is 5.30. The van der Waals surface area contributed by atoms with Gasteiger partial charge in [0.1, 0.15) is 0 Å². The van der Waals surface area contributed by atoms with Gasteiger partial charge in [-0.05, 0) is 0 Å². The Labute approximate surface area is 90.0 Å². The predicted octanol–water partition coefficient (Wildman–Crippen LogP) is -0.922. The Balaban J connectivity index is 3.05. The third-order valence-electron chi connectivity index (χ3n) is 1.42. The lowest BCUT2D eigenvalue weighted by Crippen LogP contribution is -2.29. The molecule has 15 heavy (non-hydrogen) atoms. The number of nitrogens with one attached hydrogen (secondary N) is 1. The second kappa shape index (κ2) is 4.66. The van der Waals surface area contributed by atoms with Crippen LogP contribution in [0.25, 0.3) is 0 Å². The molecule has 1 aromatic heterocycles. The number of hydrogen-bond acceptors (Lipinski definition) is 6. The van der Waals surface area contributed by atoms with Gasteiger partial charge in [-0.25, -0.2) is 22.9 Å². The molecule has 9 heteroatoms. The van der Waals surface area contributed by atoms with Gasteiger partial charge in [-0.15, -0.1) is 11.3 Å². The highest BCUT2D eigenvalue weighted by molar-refractivity contribution is 7.91. The zero-order valence-electron chi connectivity index (χ0n) is 7.50. The molecule has 0 atom stereocenters. The van der Waals surface area contributed by atoms with Crippen molar-refractivity contribution in [1.82, 2.24) is 9.71 Å². The Bertz CT molecular complexity index is 453. The number of sulfonamides is 1. The van der Waals surface area contributed by atoms with E-state index < -0.39 is 21.7 Å². The largest absolute Gasteiger partial charge is 0.476 e. The number of thiazole rings is 1. The van der Waals surface area contributed by atoms with Gasteiger partial charge in [0.2, 0.25) is 0 Å². The number of aromatic carboxylic acids is 1. The Morgan fingerprint density at radius 2 is 2.33 bits per heavy atom. The van der Waals surface area contributed by atoms with E-state index in [1.807, 2.05) is 0 Å². The average Bonchev–Trinajstić information content (AvgIpc) is 2.63. The number of rotatable bonds is 5. The molecular formula is C6H9N3O4S2. The zero-order valence-corrected chi connectivity index (χ0v) is 9.14. The van der Waals surface area contributed by atoms with Gasteiger partial charge in [0, 0.05) is 13.1 Å². The van der Waals surface area contributed by atoms with Crippen LogP contribution in [0.4, 0.5) is 0 Å². The minimum atomic E-state index is -3.81. The fourth-order valence-electron chi connectivity index (χ4n) is 0.827. The molecule has 0 aliphatic rings. The lowest BCUT2D eigenvalue weighted by atomic mass is 10.5. The molecule has 0 aliphatic heterocycles. The van der Waals surface area contributed by atoms with Crippen molar-refractivity contribution in [3.05, 3.63) is 11.2 Å². The van der Waals surface area contributed by atoms with E-state index in [-0.39, 0.29) is 17.3 Å². The second-order valence-electron chi connectivity index (χ2n) is 2.48. The highest BCUT2D eigenvalue weighted by Gasteiger charge is 2.24. The molecule has 0 fully saturated rings. The molecule has 0 radical (unpaired) electrons. The minimum Gasteiger partial charge on any atom is -0.476 e. The smallest absolute Gasteiger partial charge is 0.356 e. The zero-order chi connectivity index (χ0) is 11.5. The number of hydrogen-bond donors (Lipinski definition) is 3. The molecule has 0 saturated heterocycles. The highest BCUT2D eigenvalue weighted by Crippen LogP contribution is 2.19. The maximum Gasteiger partial charge on any atom is 0.356 e. The predicted molar refractivity (Wildman–Crippen MR) is 53.3 cm³/mol. The molecule has 0 bridgehead atoms. The van der Waals surface area contributed by atoms with Crippen LogP contribution in [0, 0.1) is 0 Å². The summed E-state index contributed by atoms with van der Waals surface area (Å²) < 4.78 is 24.9. The molecule has 0 saturated carbocycles. The summed E-state index contributed by atoms with van der Waals surface area (Å²) in [5.41, 5.74) is 5.83. The number of carbonyl (C=O) groups is 1. The molecule has 0 aliphatic carbocycles. The fraction of sp³-hybridized carbons (Fsp3) is 0.333. The van der Waals surface area contributed by atoms with Crippen LogP contribution >= 0.6 is 11.3 Å². The van der Waals surface area contributed by atoms with E-state index in [1.165, 1.54) is 5.51 Å². The van der Waals surface area contributed by atoms with Crippen LogP contribution in [-0.2, 0) is 10.0 Å². The topological polar surface area (TPSA) is 122 Å². The van der Waals surface area contributed by atoms with E-state index in [2.05, 4.69) is 9.71 Å². The first-order chi connectivity index (χ1) is 6.99. The molecule has 0 amide bonds. The number of carboxylic acids is 1. The Morgan fingerprint density at radius 1 is 1.67 bits per heavy atom. The first-order valence-electron chi connectivity index (χ1n) is 3.85. The van der Waals surface area contributed by atoms with E-state index in [9.17, 15) is 13.2 Å². The first-order valence-corrected chi connectivity index (χ1v) is 6.22. The van der Waals surface area contributed by atoms with Crippen LogP contribution in [0.1, 0.15) is 10.5 Å².